The number of nitrogens with zero attached hydrogens (tertiary/aromatic N) is 1. The van der Waals surface area contributed by atoms with Crippen molar-refractivity contribution in [1.29, 1.82) is 0 Å². The summed E-state index contributed by atoms with van der Waals surface area (Å²) in [5.74, 6) is 0.183. The summed E-state index contributed by atoms with van der Waals surface area (Å²) in [4.78, 5) is 26.2. The predicted molar refractivity (Wildman–Crippen MR) is 66.9 cm³/mol. The molecule has 0 aromatic carbocycles. The van der Waals surface area contributed by atoms with Crippen LogP contribution in [0.4, 0.5) is 0 Å². The summed E-state index contributed by atoms with van der Waals surface area (Å²) >= 11 is 0. The van der Waals surface area contributed by atoms with Gasteiger partial charge in [0.15, 0.2) is 0 Å². The molecule has 2 heterocycles. The van der Waals surface area contributed by atoms with Crippen LogP contribution in [0, 0.1) is 0 Å². The highest BCUT2D eigenvalue weighted by Gasteiger charge is 2.39. The highest BCUT2D eigenvalue weighted by atomic mass is 16.2. The van der Waals surface area contributed by atoms with E-state index in [-0.39, 0.29) is 23.9 Å². The summed E-state index contributed by atoms with van der Waals surface area (Å²) in [6, 6.07) is 0.0967. The first-order valence-electron chi connectivity index (χ1n) is 7.10. The van der Waals surface area contributed by atoms with Crippen LogP contribution in [0.5, 0.6) is 0 Å². The minimum atomic E-state index is -0.222. The van der Waals surface area contributed by atoms with Gasteiger partial charge in [-0.1, -0.05) is 0 Å². The largest absolute Gasteiger partial charge is 0.352 e. The predicted octanol–water partition coefficient (Wildman–Crippen LogP) is 0.00800. The third-order valence-corrected chi connectivity index (χ3v) is 4.12. The number of likely N-dealkylation sites (tertiary alicyclic amines) is 1. The lowest BCUT2D eigenvalue weighted by atomic mass is 10.1. The molecule has 5 nitrogen and oxygen atoms in total. The summed E-state index contributed by atoms with van der Waals surface area (Å²) in [7, 11) is 0. The third kappa shape index (κ3) is 2.36. The van der Waals surface area contributed by atoms with Gasteiger partial charge in [-0.2, -0.15) is 0 Å². The Bertz CT molecular complexity index is 348. The first-order valence-corrected chi connectivity index (χ1v) is 7.10. The van der Waals surface area contributed by atoms with E-state index in [1.165, 1.54) is 0 Å². The number of nitrogens with one attached hydrogen (secondary N) is 2. The zero-order valence-corrected chi connectivity index (χ0v) is 10.7. The summed E-state index contributed by atoms with van der Waals surface area (Å²) in [5, 5.41) is 6.24. The van der Waals surface area contributed by atoms with Crippen molar-refractivity contribution in [3.05, 3.63) is 0 Å². The third-order valence-electron chi connectivity index (χ3n) is 4.12. The molecule has 2 saturated heterocycles. The Morgan fingerprint density at radius 3 is 2.61 bits per heavy atom. The van der Waals surface area contributed by atoms with Crippen molar-refractivity contribution in [3.63, 3.8) is 0 Å². The van der Waals surface area contributed by atoms with Crippen LogP contribution in [0.2, 0.25) is 0 Å². The van der Waals surface area contributed by atoms with E-state index in [9.17, 15) is 9.59 Å². The molecular formula is C13H21N3O2. The van der Waals surface area contributed by atoms with Gasteiger partial charge >= 0.3 is 0 Å². The lowest BCUT2D eigenvalue weighted by molar-refractivity contribution is -0.139. The van der Waals surface area contributed by atoms with Crippen molar-refractivity contribution < 1.29 is 9.59 Å². The minimum absolute atomic E-state index is 0.0562. The van der Waals surface area contributed by atoms with Crippen molar-refractivity contribution in [3.8, 4) is 0 Å². The SMILES string of the molecule is O=C(NC1CC1)[C@H]1CCCN1C(=O)[C@@H]1CCCN1. The van der Waals surface area contributed by atoms with Crippen molar-refractivity contribution in [2.75, 3.05) is 13.1 Å². The maximum atomic E-state index is 12.3. The molecular weight excluding hydrogens is 230 g/mol. The van der Waals surface area contributed by atoms with Crippen LogP contribution in [-0.4, -0.2) is 47.9 Å². The molecule has 1 saturated carbocycles. The topological polar surface area (TPSA) is 61.4 Å². The Hall–Kier alpha value is -1.10. The average Bonchev–Trinajstić information content (AvgIpc) is 2.91. The molecule has 100 valence electrons. The lowest BCUT2D eigenvalue weighted by Crippen LogP contribution is -2.51. The molecule has 3 rings (SSSR count). The highest BCUT2D eigenvalue weighted by Crippen LogP contribution is 2.23. The number of hydrogen-bond acceptors (Lipinski definition) is 3. The monoisotopic (exact) mass is 251 g/mol. The van der Waals surface area contributed by atoms with Gasteiger partial charge in [-0.05, 0) is 45.1 Å². The zero-order valence-electron chi connectivity index (χ0n) is 10.7. The van der Waals surface area contributed by atoms with E-state index in [1.54, 1.807) is 4.90 Å². The first-order chi connectivity index (χ1) is 8.75. The molecule has 2 atom stereocenters. The normalized spacial score (nSPS) is 31.7. The molecule has 2 aliphatic heterocycles. The number of rotatable bonds is 3. The number of amides is 2. The number of carbonyl (C=O) groups excluding carboxylic acids is 2. The smallest absolute Gasteiger partial charge is 0.243 e. The molecule has 0 aromatic heterocycles. The van der Waals surface area contributed by atoms with Crippen LogP contribution in [0.15, 0.2) is 0 Å². The van der Waals surface area contributed by atoms with Crippen molar-refractivity contribution in [1.82, 2.24) is 15.5 Å². The van der Waals surface area contributed by atoms with Gasteiger partial charge in [0.2, 0.25) is 11.8 Å². The molecule has 5 heteroatoms. The average molecular weight is 251 g/mol. The van der Waals surface area contributed by atoms with E-state index >= 15 is 0 Å². The number of carbonyl (C=O) groups is 2. The molecule has 0 unspecified atom stereocenters. The maximum Gasteiger partial charge on any atom is 0.243 e. The van der Waals surface area contributed by atoms with Gasteiger partial charge in [0.1, 0.15) is 6.04 Å². The Kier molecular flexibility index (Phi) is 3.24. The van der Waals surface area contributed by atoms with Gasteiger partial charge in [-0.3, -0.25) is 9.59 Å². The fourth-order valence-corrected chi connectivity index (χ4v) is 2.92. The van der Waals surface area contributed by atoms with E-state index in [1.807, 2.05) is 0 Å². The van der Waals surface area contributed by atoms with Crippen molar-refractivity contribution in [2.45, 2.75) is 56.7 Å². The molecule has 0 aromatic rings. The molecule has 0 spiro atoms. The van der Waals surface area contributed by atoms with Crippen LogP contribution in [0.25, 0.3) is 0 Å². The van der Waals surface area contributed by atoms with Gasteiger partial charge < -0.3 is 15.5 Å². The fraction of sp³-hybridized carbons (Fsp3) is 0.846. The van der Waals surface area contributed by atoms with Gasteiger partial charge in [-0.15, -0.1) is 0 Å². The second-order valence-corrected chi connectivity index (χ2v) is 5.62. The molecule has 3 aliphatic rings. The maximum absolute atomic E-state index is 12.3. The first kappa shape index (κ1) is 12.0. The summed E-state index contributed by atoms with van der Waals surface area (Å²) in [5.41, 5.74) is 0. The Morgan fingerprint density at radius 2 is 1.94 bits per heavy atom. The van der Waals surface area contributed by atoms with E-state index in [0.717, 1.165) is 51.6 Å². The quantitative estimate of drug-likeness (QED) is 0.742. The van der Waals surface area contributed by atoms with E-state index in [4.69, 9.17) is 0 Å². The number of hydrogen-bond donors (Lipinski definition) is 2. The second-order valence-electron chi connectivity index (χ2n) is 5.62. The zero-order chi connectivity index (χ0) is 12.5. The van der Waals surface area contributed by atoms with E-state index < -0.39 is 0 Å². The molecule has 0 bridgehead atoms. The summed E-state index contributed by atoms with van der Waals surface area (Å²) < 4.78 is 0. The fourth-order valence-electron chi connectivity index (χ4n) is 2.92. The molecule has 3 fully saturated rings. The van der Waals surface area contributed by atoms with Gasteiger partial charge in [0.25, 0.3) is 0 Å². The molecule has 18 heavy (non-hydrogen) atoms. The second kappa shape index (κ2) is 4.88. The van der Waals surface area contributed by atoms with Crippen LogP contribution in [0.1, 0.15) is 38.5 Å². The minimum Gasteiger partial charge on any atom is -0.352 e. The highest BCUT2D eigenvalue weighted by molar-refractivity contribution is 5.90. The van der Waals surface area contributed by atoms with Crippen molar-refractivity contribution >= 4 is 11.8 Å². The lowest BCUT2D eigenvalue weighted by Gasteiger charge is -2.26. The van der Waals surface area contributed by atoms with Gasteiger partial charge in [0, 0.05) is 12.6 Å². The Balaban J connectivity index is 1.62. The van der Waals surface area contributed by atoms with Crippen LogP contribution in [-0.2, 0) is 9.59 Å². The van der Waals surface area contributed by atoms with Gasteiger partial charge in [-0.25, -0.2) is 0 Å². The molecule has 2 N–H and O–H groups in total. The summed E-state index contributed by atoms with van der Waals surface area (Å²) in [6.07, 6.45) is 5.92. The van der Waals surface area contributed by atoms with Crippen LogP contribution >= 0.6 is 0 Å². The van der Waals surface area contributed by atoms with Crippen molar-refractivity contribution in [2.24, 2.45) is 0 Å². The standard InChI is InChI=1S/C13H21N3O2/c17-12(15-9-5-6-9)11-4-2-8-16(11)13(18)10-3-1-7-14-10/h9-11,14H,1-8H2,(H,15,17)/t10-,11+/m0/s1. The molecule has 1 aliphatic carbocycles. The Labute approximate surface area is 107 Å². The molecule has 0 radical (unpaired) electrons. The van der Waals surface area contributed by atoms with Crippen LogP contribution < -0.4 is 10.6 Å². The molecule has 2 amide bonds. The van der Waals surface area contributed by atoms with Crippen LogP contribution in [0.3, 0.4) is 0 Å². The Morgan fingerprint density at radius 1 is 1.11 bits per heavy atom. The summed E-state index contributed by atoms with van der Waals surface area (Å²) in [6.45, 7) is 1.66. The van der Waals surface area contributed by atoms with E-state index in [2.05, 4.69) is 10.6 Å². The van der Waals surface area contributed by atoms with E-state index in [0.29, 0.717) is 6.04 Å². The van der Waals surface area contributed by atoms with Gasteiger partial charge in [0.05, 0.1) is 6.04 Å².